The molecule has 1 saturated heterocycles. The van der Waals surface area contributed by atoms with Gasteiger partial charge in [0.25, 0.3) is 0 Å². The van der Waals surface area contributed by atoms with Crippen molar-refractivity contribution >= 4 is 11.6 Å². The third-order valence-electron chi connectivity index (χ3n) is 3.01. The van der Waals surface area contributed by atoms with Gasteiger partial charge >= 0.3 is 0 Å². The van der Waals surface area contributed by atoms with Crippen LogP contribution in [-0.4, -0.2) is 31.6 Å². The second-order valence-corrected chi connectivity index (χ2v) is 4.56. The molecule has 1 unspecified atom stereocenters. The van der Waals surface area contributed by atoms with Crippen molar-refractivity contribution in [2.75, 3.05) is 26.7 Å². The molecule has 0 saturated carbocycles. The van der Waals surface area contributed by atoms with E-state index in [1.54, 1.807) is 7.11 Å². The molecule has 1 aliphatic rings. The van der Waals surface area contributed by atoms with Gasteiger partial charge in [0.05, 0.1) is 12.1 Å². The fourth-order valence-electron chi connectivity index (χ4n) is 1.85. The number of rotatable bonds is 4. The molecule has 0 bridgehead atoms. The zero-order valence-electron chi connectivity index (χ0n) is 9.45. The Morgan fingerprint density at radius 1 is 1.50 bits per heavy atom. The summed E-state index contributed by atoms with van der Waals surface area (Å²) >= 11 is 5.97. The summed E-state index contributed by atoms with van der Waals surface area (Å²) in [4.78, 5) is 2.35. The molecule has 1 aliphatic heterocycles. The number of halogens is 1. The van der Waals surface area contributed by atoms with E-state index >= 15 is 0 Å². The minimum absolute atomic E-state index is 0.0338. The lowest BCUT2D eigenvalue weighted by Crippen LogP contribution is -2.41. The fourth-order valence-corrected chi connectivity index (χ4v) is 2.05. The second kappa shape index (κ2) is 5.04. The maximum atomic E-state index is 6.14. The molecule has 2 rings (SSSR count). The molecule has 0 amide bonds. The van der Waals surface area contributed by atoms with E-state index < -0.39 is 0 Å². The molecule has 1 fully saturated rings. The standard InChI is InChI=1S/C12H17ClN2O/c1-16-12-7-9(3-4-10(12)13)11(14)8-15-5-2-6-15/h3-4,7,11H,2,5-6,8,14H2,1H3. The summed E-state index contributed by atoms with van der Waals surface area (Å²) in [5, 5.41) is 0.627. The van der Waals surface area contributed by atoms with Gasteiger partial charge in [-0.1, -0.05) is 17.7 Å². The maximum Gasteiger partial charge on any atom is 0.137 e. The van der Waals surface area contributed by atoms with Crippen molar-refractivity contribution in [1.29, 1.82) is 0 Å². The van der Waals surface area contributed by atoms with Crippen molar-refractivity contribution in [3.63, 3.8) is 0 Å². The highest BCUT2D eigenvalue weighted by atomic mass is 35.5. The van der Waals surface area contributed by atoms with Crippen LogP contribution in [0.25, 0.3) is 0 Å². The first-order valence-corrected chi connectivity index (χ1v) is 5.90. The van der Waals surface area contributed by atoms with Crippen LogP contribution in [0.4, 0.5) is 0 Å². The molecule has 2 N–H and O–H groups in total. The van der Waals surface area contributed by atoms with E-state index in [1.165, 1.54) is 19.5 Å². The van der Waals surface area contributed by atoms with Crippen molar-refractivity contribution in [2.45, 2.75) is 12.5 Å². The summed E-state index contributed by atoms with van der Waals surface area (Å²) in [7, 11) is 1.62. The third-order valence-corrected chi connectivity index (χ3v) is 3.32. The van der Waals surface area contributed by atoms with E-state index in [2.05, 4.69) is 4.90 Å². The van der Waals surface area contributed by atoms with Crippen LogP contribution in [0.3, 0.4) is 0 Å². The third kappa shape index (κ3) is 2.48. The average molecular weight is 241 g/mol. The quantitative estimate of drug-likeness (QED) is 0.876. The number of nitrogens with zero attached hydrogens (tertiary/aromatic N) is 1. The van der Waals surface area contributed by atoms with Crippen LogP contribution in [-0.2, 0) is 0 Å². The predicted octanol–water partition coefficient (Wildman–Crippen LogP) is 2.05. The van der Waals surface area contributed by atoms with E-state index in [1.807, 2.05) is 18.2 Å². The minimum Gasteiger partial charge on any atom is -0.495 e. The lowest BCUT2D eigenvalue weighted by Gasteiger charge is -2.33. The minimum atomic E-state index is 0.0338. The van der Waals surface area contributed by atoms with Crippen molar-refractivity contribution in [2.24, 2.45) is 5.73 Å². The normalized spacial score (nSPS) is 17.9. The Morgan fingerprint density at radius 2 is 2.25 bits per heavy atom. The lowest BCUT2D eigenvalue weighted by molar-refractivity contribution is 0.170. The largest absolute Gasteiger partial charge is 0.495 e. The topological polar surface area (TPSA) is 38.5 Å². The number of ether oxygens (including phenoxy) is 1. The second-order valence-electron chi connectivity index (χ2n) is 4.15. The van der Waals surface area contributed by atoms with Gasteiger partial charge in [-0.3, -0.25) is 0 Å². The van der Waals surface area contributed by atoms with Crippen LogP contribution in [0, 0.1) is 0 Å². The molecule has 1 atom stereocenters. The van der Waals surface area contributed by atoms with Crippen LogP contribution in [0.15, 0.2) is 18.2 Å². The summed E-state index contributed by atoms with van der Waals surface area (Å²) < 4.78 is 5.18. The van der Waals surface area contributed by atoms with Gasteiger partial charge in [0.15, 0.2) is 0 Å². The summed E-state index contributed by atoms with van der Waals surface area (Å²) in [5.74, 6) is 0.693. The zero-order valence-corrected chi connectivity index (χ0v) is 10.2. The summed E-state index contributed by atoms with van der Waals surface area (Å²) in [5.41, 5.74) is 7.22. The van der Waals surface area contributed by atoms with E-state index in [0.29, 0.717) is 10.8 Å². The highest BCUT2D eigenvalue weighted by Crippen LogP contribution is 2.27. The molecule has 88 valence electrons. The summed E-state index contributed by atoms with van der Waals surface area (Å²) in [6.07, 6.45) is 1.29. The van der Waals surface area contributed by atoms with Crippen molar-refractivity contribution in [3.8, 4) is 5.75 Å². The molecule has 0 aliphatic carbocycles. The molecule has 3 nitrogen and oxygen atoms in total. The SMILES string of the molecule is COc1cc(C(N)CN2CCC2)ccc1Cl. The molecule has 0 spiro atoms. The first-order valence-electron chi connectivity index (χ1n) is 5.52. The highest BCUT2D eigenvalue weighted by Gasteiger charge is 2.18. The van der Waals surface area contributed by atoms with Crippen LogP contribution in [0.5, 0.6) is 5.75 Å². The molecule has 16 heavy (non-hydrogen) atoms. The summed E-state index contributed by atoms with van der Waals surface area (Å²) in [6, 6.07) is 5.76. The number of methoxy groups -OCH3 is 1. The molecule has 1 heterocycles. The lowest BCUT2D eigenvalue weighted by atomic mass is 10.1. The number of benzene rings is 1. The number of hydrogen-bond acceptors (Lipinski definition) is 3. The Hall–Kier alpha value is -0.770. The molecule has 4 heteroatoms. The summed E-state index contributed by atoms with van der Waals surface area (Å²) in [6.45, 7) is 3.24. The Balaban J connectivity index is 2.06. The molecule has 0 radical (unpaired) electrons. The molecular weight excluding hydrogens is 224 g/mol. The van der Waals surface area contributed by atoms with Gasteiger partial charge in [-0.05, 0) is 37.2 Å². The molecule has 1 aromatic carbocycles. The first-order chi connectivity index (χ1) is 7.70. The first kappa shape index (κ1) is 11.7. The van der Waals surface area contributed by atoms with Gasteiger partial charge in [-0.15, -0.1) is 0 Å². The van der Waals surface area contributed by atoms with Crippen LogP contribution < -0.4 is 10.5 Å². The molecule has 1 aromatic rings. The Morgan fingerprint density at radius 3 is 2.81 bits per heavy atom. The van der Waals surface area contributed by atoms with Crippen molar-refractivity contribution in [1.82, 2.24) is 4.90 Å². The van der Waals surface area contributed by atoms with Gasteiger partial charge < -0.3 is 15.4 Å². The zero-order chi connectivity index (χ0) is 11.5. The Labute approximate surface area is 101 Å². The Bertz CT molecular complexity index is 366. The molecular formula is C12H17ClN2O. The van der Waals surface area contributed by atoms with Gasteiger partial charge in [-0.2, -0.15) is 0 Å². The fraction of sp³-hybridized carbons (Fsp3) is 0.500. The van der Waals surface area contributed by atoms with Crippen molar-refractivity contribution in [3.05, 3.63) is 28.8 Å². The van der Waals surface area contributed by atoms with Gasteiger partial charge in [0, 0.05) is 12.6 Å². The van der Waals surface area contributed by atoms with E-state index in [4.69, 9.17) is 22.1 Å². The van der Waals surface area contributed by atoms with Crippen LogP contribution in [0.2, 0.25) is 5.02 Å². The van der Waals surface area contributed by atoms with Gasteiger partial charge in [0.1, 0.15) is 5.75 Å². The Kier molecular flexibility index (Phi) is 3.69. The van der Waals surface area contributed by atoms with Crippen LogP contribution >= 0.6 is 11.6 Å². The van der Waals surface area contributed by atoms with Gasteiger partial charge in [-0.25, -0.2) is 0 Å². The smallest absolute Gasteiger partial charge is 0.137 e. The van der Waals surface area contributed by atoms with Gasteiger partial charge in [0.2, 0.25) is 0 Å². The van der Waals surface area contributed by atoms with Crippen molar-refractivity contribution < 1.29 is 4.74 Å². The maximum absolute atomic E-state index is 6.14. The molecule has 0 aromatic heterocycles. The van der Waals surface area contributed by atoms with E-state index in [9.17, 15) is 0 Å². The number of likely N-dealkylation sites (tertiary alicyclic amines) is 1. The monoisotopic (exact) mass is 240 g/mol. The highest BCUT2D eigenvalue weighted by molar-refractivity contribution is 6.32. The number of nitrogens with two attached hydrogens (primary N) is 1. The van der Waals surface area contributed by atoms with Crippen LogP contribution in [0.1, 0.15) is 18.0 Å². The average Bonchev–Trinajstić information content (AvgIpc) is 2.24. The number of hydrogen-bond donors (Lipinski definition) is 1. The van der Waals surface area contributed by atoms with E-state index in [-0.39, 0.29) is 6.04 Å². The predicted molar refractivity (Wildman–Crippen MR) is 66.0 cm³/mol. The van der Waals surface area contributed by atoms with E-state index in [0.717, 1.165) is 12.1 Å².